The van der Waals surface area contributed by atoms with Gasteiger partial charge in [0.2, 0.25) is 0 Å². The molecule has 0 aromatic heterocycles. The molecule has 9 atom stereocenters. The first-order valence-electron chi connectivity index (χ1n) is 28.5. The van der Waals surface area contributed by atoms with E-state index < -0.39 is 6.09 Å². The van der Waals surface area contributed by atoms with Crippen LogP contribution in [0, 0.1) is 46.3 Å². The van der Waals surface area contributed by atoms with Crippen molar-refractivity contribution in [2.24, 2.45) is 46.3 Å². The number of likely N-dealkylation sites (tertiary alicyclic amines) is 1. The highest BCUT2D eigenvalue weighted by molar-refractivity contribution is 5.71. The van der Waals surface area contributed by atoms with E-state index in [9.17, 15) is 9.59 Å². The van der Waals surface area contributed by atoms with Crippen molar-refractivity contribution in [2.45, 2.75) is 227 Å². The van der Waals surface area contributed by atoms with E-state index in [1.807, 2.05) is 0 Å². The zero-order valence-corrected chi connectivity index (χ0v) is 44.2. The van der Waals surface area contributed by atoms with Crippen molar-refractivity contribution in [3.63, 3.8) is 0 Å². The van der Waals surface area contributed by atoms with Gasteiger partial charge < -0.3 is 29.2 Å². The van der Waals surface area contributed by atoms with Gasteiger partial charge in [-0.2, -0.15) is 0 Å². The van der Waals surface area contributed by atoms with Crippen LogP contribution < -0.4 is 5.32 Å². The van der Waals surface area contributed by atoms with Gasteiger partial charge in [0, 0.05) is 26.1 Å². The summed E-state index contributed by atoms with van der Waals surface area (Å²) in [5.74, 6) is 4.57. The molecule has 0 bridgehead atoms. The van der Waals surface area contributed by atoms with Crippen LogP contribution >= 0.6 is 0 Å². The third-order valence-electron chi connectivity index (χ3n) is 17.5. The summed E-state index contributed by atoms with van der Waals surface area (Å²) < 4.78 is 23.9. The molecule has 3 saturated carbocycles. The van der Waals surface area contributed by atoms with Crippen LogP contribution in [0.4, 0.5) is 4.79 Å². The Hall–Kier alpha value is -2.16. The number of rotatable bonds is 32. The maximum absolute atomic E-state index is 12.9. The van der Waals surface area contributed by atoms with E-state index in [2.05, 4.69) is 82.1 Å². The Bertz CT molecular complexity index is 1490. The summed E-state index contributed by atoms with van der Waals surface area (Å²) in [5.41, 5.74) is 2.24. The highest BCUT2D eigenvalue weighted by Gasteiger charge is 2.59. The van der Waals surface area contributed by atoms with Crippen molar-refractivity contribution in [2.75, 3.05) is 52.6 Å². The van der Waals surface area contributed by atoms with Crippen molar-refractivity contribution in [1.82, 2.24) is 10.2 Å². The monoisotopic (exact) mass is 935 g/mol. The summed E-state index contributed by atoms with van der Waals surface area (Å²) in [6, 6.07) is 0. The largest absolute Gasteiger partial charge is 0.463 e. The minimum Gasteiger partial charge on any atom is -0.463 e. The predicted molar refractivity (Wildman–Crippen MR) is 277 cm³/mol. The number of carbonyl (C=O) groups is 2. The van der Waals surface area contributed by atoms with Crippen LogP contribution in [0.15, 0.2) is 36.0 Å². The predicted octanol–water partition coefficient (Wildman–Crippen LogP) is 14.8. The van der Waals surface area contributed by atoms with E-state index in [-0.39, 0.29) is 43.2 Å². The van der Waals surface area contributed by atoms with Crippen molar-refractivity contribution in [3.8, 4) is 0 Å². The second kappa shape index (κ2) is 30.5. The third kappa shape index (κ3) is 18.5. The van der Waals surface area contributed by atoms with Gasteiger partial charge in [-0.1, -0.05) is 142 Å². The smallest absolute Gasteiger partial charge is 0.407 e. The second-order valence-corrected chi connectivity index (χ2v) is 23.0. The normalized spacial score (nSPS) is 28.5. The topological polar surface area (TPSA) is 86.3 Å². The number of nitrogens with one attached hydrogen (secondary N) is 1. The average molecular weight is 935 g/mol. The van der Waals surface area contributed by atoms with E-state index in [0.29, 0.717) is 18.6 Å². The van der Waals surface area contributed by atoms with Gasteiger partial charge in [0.1, 0.15) is 12.7 Å². The molecule has 4 aliphatic carbocycles. The van der Waals surface area contributed by atoms with Crippen LogP contribution in [-0.4, -0.2) is 81.8 Å². The molecule has 1 unspecified atom stereocenters. The van der Waals surface area contributed by atoms with Gasteiger partial charge in [-0.25, -0.2) is 4.79 Å². The Labute approximate surface area is 411 Å². The molecule has 1 saturated heterocycles. The molecule has 0 radical (unpaired) electrons. The van der Waals surface area contributed by atoms with Crippen molar-refractivity contribution < 1.29 is 28.5 Å². The summed E-state index contributed by atoms with van der Waals surface area (Å²) in [7, 11) is 0. The van der Waals surface area contributed by atoms with E-state index in [1.165, 1.54) is 140 Å². The van der Waals surface area contributed by atoms with Gasteiger partial charge in [-0.15, -0.1) is 0 Å². The van der Waals surface area contributed by atoms with Crippen LogP contribution in [0.25, 0.3) is 0 Å². The lowest BCUT2D eigenvalue weighted by atomic mass is 9.47. The number of carbonyl (C=O) groups excluding carboxylic acids is 2. The van der Waals surface area contributed by atoms with E-state index in [1.54, 1.807) is 0 Å². The maximum Gasteiger partial charge on any atom is 0.407 e. The minimum atomic E-state index is -0.428. The fourth-order valence-corrected chi connectivity index (χ4v) is 13.6. The third-order valence-corrected chi connectivity index (χ3v) is 17.5. The van der Waals surface area contributed by atoms with Gasteiger partial charge in [0.15, 0.2) is 0 Å². The van der Waals surface area contributed by atoms with Gasteiger partial charge in [-0.05, 0) is 156 Å². The number of hydrogen-bond acceptors (Lipinski definition) is 7. The lowest BCUT2D eigenvalue weighted by Gasteiger charge is -2.58. The highest BCUT2D eigenvalue weighted by Crippen LogP contribution is 2.67. The molecule has 67 heavy (non-hydrogen) atoms. The summed E-state index contributed by atoms with van der Waals surface area (Å²) in [4.78, 5) is 28.0. The second-order valence-electron chi connectivity index (χ2n) is 23.0. The first kappa shape index (κ1) is 55.8. The van der Waals surface area contributed by atoms with Crippen molar-refractivity contribution >= 4 is 12.1 Å². The summed E-state index contributed by atoms with van der Waals surface area (Å²) >= 11 is 0. The average Bonchev–Trinajstić information content (AvgIpc) is 3.67. The number of hydrogen-bond donors (Lipinski definition) is 1. The van der Waals surface area contributed by atoms with Gasteiger partial charge in [0.05, 0.1) is 25.7 Å². The lowest BCUT2D eigenvalue weighted by molar-refractivity contribution is -0.146. The Kier molecular flexibility index (Phi) is 25.4. The van der Waals surface area contributed by atoms with E-state index >= 15 is 0 Å². The zero-order chi connectivity index (χ0) is 47.7. The number of piperidine rings is 1. The number of allylic oxidation sites excluding steroid dienone is 5. The van der Waals surface area contributed by atoms with Crippen molar-refractivity contribution in [1.29, 1.82) is 0 Å². The molecule has 4 fully saturated rings. The van der Waals surface area contributed by atoms with E-state index in [0.717, 1.165) is 93.9 Å². The molecule has 1 aliphatic heterocycles. The molecule has 5 aliphatic rings. The molecule has 1 heterocycles. The standard InChI is InChI=1S/C59H102N2O6/c1-7-8-9-10-11-12-13-14-15-16-17-18-19-20-21-25-41-64-46-51(45-61-39-23-22-24-40-61)65-42-43-66-56(62)35-38-60-57(63)67-50-33-36-58(5)49(44-50)29-30-52-54-32-31-53(48(4)28-26-27-47(2)3)59(54,6)37-34-55(52)58/h11-12,14-15,29,47-48,50-55H,7-10,13,16-28,30-46H2,1-6H3,(H,60,63)/b12-11-,15-14-/t48-,50+,51?,52+,53-,54+,55+,58+,59-/m1/s1. The Morgan fingerprint density at radius 1 is 0.806 bits per heavy atom. The number of esters is 1. The fraction of sp³-hybridized carbons (Fsp3) is 0.864. The molecule has 384 valence electrons. The van der Waals surface area contributed by atoms with E-state index in [4.69, 9.17) is 18.9 Å². The molecule has 0 aromatic rings. The molecule has 8 nitrogen and oxygen atoms in total. The molecule has 0 spiro atoms. The number of nitrogens with zero attached hydrogens (tertiary/aromatic N) is 1. The first-order valence-corrected chi connectivity index (χ1v) is 28.5. The number of amides is 1. The maximum atomic E-state index is 12.9. The zero-order valence-electron chi connectivity index (χ0n) is 44.2. The Balaban J connectivity index is 0.909. The molecular weight excluding hydrogens is 833 g/mol. The molecule has 8 heteroatoms. The Morgan fingerprint density at radius 2 is 1.55 bits per heavy atom. The number of ether oxygens (including phenoxy) is 4. The minimum absolute atomic E-state index is 0.0436. The molecular formula is C59H102N2O6. The van der Waals surface area contributed by atoms with Crippen LogP contribution in [-0.2, 0) is 23.7 Å². The number of alkyl carbamates (subject to hydrolysis) is 1. The molecule has 1 amide bonds. The quantitative estimate of drug-likeness (QED) is 0.0408. The van der Waals surface area contributed by atoms with Crippen LogP contribution in [0.5, 0.6) is 0 Å². The van der Waals surface area contributed by atoms with Gasteiger partial charge >= 0.3 is 12.1 Å². The lowest BCUT2D eigenvalue weighted by Crippen LogP contribution is -2.51. The highest BCUT2D eigenvalue weighted by atomic mass is 16.6. The summed E-state index contributed by atoms with van der Waals surface area (Å²) in [6.07, 6.45) is 43.8. The number of unbranched alkanes of at least 4 members (excludes halogenated alkanes) is 9. The van der Waals surface area contributed by atoms with Crippen LogP contribution in [0.1, 0.15) is 215 Å². The molecule has 1 N–H and O–H groups in total. The van der Waals surface area contributed by atoms with Crippen LogP contribution in [0.3, 0.4) is 0 Å². The van der Waals surface area contributed by atoms with Gasteiger partial charge in [0.25, 0.3) is 0 Å². The first-order chi connectivity index (χ1) is 32.5. The van der Waals surface area contributed by atoms with Crippen molar-refractivity contribution in [3.05, 3.63) is 36.0 Å². The fourth-order valence-electron chi connectivity index (χ4n) is 13.6. The molecule has 0 aromatic carbocycles. The van der Waals surface area contributed by atoms with Crippen LogP contribution in [0.2, 0.25) is 0 Å². The summed E-state index contributed by atoms with van der Waals surface area (Å²) in [6.45, 7) is 19.9. The Morgan fingerprint density at radius 3 is 2.31 bits per heavy atom. The van der Waals surface area contributed by atoms with Gasteiger partial charge in [-0.3, -0.25) is 4.79 Å². The summed E-state index contributed by atoms with van der Waals surface area (Å²) in [5, 5.41) is 2.83. The number of fused-ring (bicyclic) bond motifs is 5. The molecule has 5 rings (SSSR count). The SMILES string of the molecule is CCCCC/C=C\C/C=C\CCCCCCCCOCC(CN1CCCCC1)OCCOC(=O)CCNC(=O)O[C@H]1CC[C@@]2(C)C(=CC[C@H]3[C@@H]4CC[C@H]([C@H](C)CCCC(C)C)[C@@]4(C)CC[C@@H]32)C1.